The first-order valence-corrected chi connectivity index (χ1v) is 5.50. The molecule has 0 radical (unpaired) electrons. The van der Waals surface area contributed by atoms with Crippen LogP contribution in [-0.4, -0.2) is 12.4 Å². The standard InChI is InChI=1S/C12H16OS/c1-2-8-13-12-7-3-5-11(10-12)6-4-9-14/h3-7,10,14H,2,8-9H2,1H3. The summed E-state index contributed by atoms with van der Waals surface area (Å²) < 4.78 is 5.52. The number of hydrogen-bond acceptors (Lipinski definition) is 2. The summed E-state index contributed by atoms with van der Waals surface area (Å²) in [7, 11) is 0. The van der Waals surface area contributed by atoms with Crippen molar-refractivity contribution in [1.82, 2.24) is 0 Å². The van der Waals surface area contributed by atoms with Crippen LogP contribution in [0, 0.1) is 0 Å². The highest BCUT2D eigenvalue weighted by Crippen LogP contribution is 2.14. The summed E-state index contributed by atoms with van der Waals surface area (Å²) in [6, 6.07) is 8.07. The molecule has 0 fully saturated rings. The third kappa shape index (κ3) is 3.88. The van der Waals surface area contributed by atoms with Gasteiger partial charge in [-0.25, -0.2) is 0 Å². The van der Waals surface area contributed by atoms with Gasteiger partial charge in [-0.2, -0.15) is 12.6 Å². The predicted octanol–water partition coefficient (Wildman–Crippen LogP) is 3.42. The first kappa shape index (κ1) is 11.2. The van der Waals surface area contributed by atoms with Gasteiger partial charge in [0.15, 0.2) is 0 Å². The molecule has 0 unspecified atom stereocenters. The zero-order chi connectivity index (χ0) is 10.2. The molecule has 1 nitrogen and oxygen atoms in total. The SMILES string of the molecule is CCCOc1cccc(C=CCS)c1. The average Bonchev–Trinajstić information content (AvgIpc) is 2.24. The Morgan fingerprint density at radius 2 is 2.29 bits per heavy atom. The van der Waals surface area contributed by atoms with Gasteiger partial charge in [0.2, 0.25) is 0 Å². The van der Waals surface area contributed by atoms with Crippen molar-refractivity contribution in [3.8, 4) is 5.75 Å². The molecule has 0 heterocycles. The largest absolute Gasteiger partial charge is 0.494 e. The number of benzene rings is 1. The first-order chi connectivity index (χ1) is 6.86. The molecular weight excluding hydrogens is 192 g/mol. The van der Waals surface area contributed by atoms with Crippen molar-refractivity contribution in [1.29, 1.82) is 0 Å². The molecule has 0 spiro atoms. The van der Waals surface area contributed by atoms with E-state index in [0.717, 1.165) is 30.1 Å². The summed E-state index contributed by atoms with van der Waals surface area (Å²) in [5.41, 5.74) is 1.16. The van der Waals surface area contributed by atoms with E-state index in [0.29, 0.717) is 0 Å². The fraction of sp³-hybridized carbons (Fsp3) is 0.333. The fourth-order valence-electron chi connectivity index (χ4n) is 1.12. The van der Waals surface area contributed by atoms with Crippen molar-refractivity contribution in [2.45, 2.75) is 13.3 Å². The van der Waals surface area contributed by atoms with Crippen LogP contribution in [0.25, 0.3) is 6.08 Å². The summed E-state index contributed by atoms with van der Waals surface area (Å²) in [4.78, 5) is 0. The quantitative estimate of drug-likeness (QED) is 0.729. The molecule has 2 heteroatoms. The third-order valence-electron chi connectivity index (χ3n) is 1.75. The summed E-state index contributed by atoms with van der Waals surface area (Å²) >= 11 is 4.12. The van der Waals surface area contributed by atoms with Crippen molar-refractivity contribution in [3.05, 3.63) is 35.9 Å². The van der Waals surface area contributed by atoms with E-state index in [9.17, 15) is 0 Å². The summed E-state index contributed by atoms with van der Waals surface area (Å²) in [5.74, 6) is 1.70. The zero-order valence-corrected chi connectivity index (χ0v) is 9.34. The minimum atomic E-state index is 0.764. The Morgan fingerprint density at radius 1 is 1.43 bits per heavy atom. The highest BCUT2D eigenvalue weighted by atomic mass is 32.1. The lowest BCUT2D eigenvalue weighted by Gasteiger charge is -2.04. The lowest BCUT2D eigenvalue weighted by molar-refractivity contribution is 0.317. The molecule has 0 N–H and O–H groups in total. The highest BCUT2D eigenvalue weighted by Gasteiger charge is 1.92. The van der Waals surface area contributed by atoms with E-state index in [1.54, 1.807) is 0 Å². The lowest BCUT2D eigenvalue weighted by atomic mass is 10.2. The Bertz CT molecular complexity index is 294. The minimum Gasteiger partial charge on any atom is -0.494 e. The van der Waals surface area contributed by atoms with Crippen LogP contribution < -0.4 is 4.74 Å². The monoisotopic (exact) mass is 208 g/mol. The first-order valence-electron chi connectivity index (χ1n) is 4.87. The van der Waals surface area contributed by atoms with Crippen LogP contribution in [0.4, 0.5) is 0 Å². The maximum absolute atomic E-state index is 5.52. The molecule has 1 aromatic rings. The van der Waals surface area contributed by atoms with Gasteiger partial charge in [-0.05, 0) is 24.1 Å². The summed E-state index contributed by atoms with van der Waals surface area (Å²) in [5, 5.41) is 0. The summed E-state index contributed by atoms with van der Waals surface area (Å²) in [6.45, 7) is 2.88. The second kappa shape index (κ2) is 6.55. The van der Waals surface area contributed by atoms with E-state index >= 15 is 0 Å². The molecule has 0 aliphatic heterocycles. The molecule has 0 aliphatic rings. The second-order valence-electron chi connectivity index (χ2n) is 3.01. The van der Waals surface area contributed by atoms with E-state index in [4.69, 9.17) is 4.74 Å². The molecule has 0 aliphatic carbocycles. The Labute approximate surface area is 91.2 Å². The predicted molar refractivity (Wildman–Crippen MR) is 65.1 cm³/mol. The van der Waals surface area contributed by atoms with Gasteiger partial charge in [-0.15, -0.1) is 0 Å². The van der Waals surface area contributed by atoms with Gasteiger partial charge >= 0.3 is 0 Å². The zero-order valence-electron chi connectivity index (χ0n) is 8.44. The van der Waals surface area contributed by atoms with Crippen LogP contribution in [0.3, 0.4) is 0 Å². The molecule has 0 saturated heterocycles. The summed E-state index contributed by atoms with van der Waals surface area (Å²) in [6.07, 6.45) is 5.10. The maximum atomic E-state index is 5.52. The van der Waals surface area contributed by atoms with Crippen LogP contribution in [0.15, 0.2) is 30.3 Å². The van der Waals surface area contributed by atoms with Crippen molar-refractivity contribution in [3.63, 3.8) is 0 Å². The van der Waals surface area contributed by atoms with Gasteiger partial charge in [0.1, 0.15) is 5.75 Å². The lowest BCUT2D eigenvalue weighted by Crippen LogP contribution is -1.94. The van der Waals surface area contributed by atoms with Gasteiger partial charge in [0, 0.05) is 5.75 Å². The fourth-order valence-corrected chi connectivity index (χ4v) is 1.22. The average molecular weight is 208 g/mol. The smallest absolute Gasteiger partial charge is 0.119 e. The van der Waals surface area contributed by atoms with Crippen LogP contribution in [0.5, 0.6) is 5.75 Å². The molecule has 0 amide bonds. The van der Waals surface area contributed by atoms with Gasteiger partial charge in [0.05, 0.1) is 6.61 Å². The third-order valence-corrected chi connectivity index (χ3v) is 1.96. The van der Waals surface area contributed by atoms with Crippen molar-refractivity contribution < 1.29 is 4.74 Å². The minimum absolute atomic E-state index is 0.764. The van der Waals surface area contributed by atoms with Crippen LogP contribution in [-0.2, 0) is 0 Å². The number of rotatable bonds is 5. The maximum Gasteiger partial charge on any atom is 0.119 e. The van der Waals surface area contributed by atoms with Crippen molar-refractivity contribution >= 4 is 18.7 Å². The Balaban J connectivity index is 2.63. The molecule has 76 valence electrons. The molecule has 0 atom stereocenters. The molecule has 14 heavy (non-hydrogen) atoms. The topological polar surface area (TPSA) is 9.23 Å². The Hall–Kier alpha value is -0.890. The van der Waals surface area contributed by atoms with Gasteiger partial charge in [-0.3, -0.25) is 0 Å². The van der Waals surface area contributed by atoms with Crippen LogP contribution >= 0.6 is 12.6 Å². The van der Waals surface area contributed by atoms with E-state index in [1.165, 1.54) is 0 Å². The molecular formula is C12H16OS. The highest BCUT2D eigenvalue weighted by molar-refractivity contribution is 7.80. The van der Waals surface area contributed by atoms with Crippen molar-refractivity contribution in [2.24, 2.45) is 0 Å². The van der Waals surface area contributed by atoms with Gasteiger partial charge in [-0.1, -0.05) is 31.2 Å². The second-order valence-corrected chi connectivity index (χ2v) is 3.37. The number of thiol groups is 1. The number of hydrogen-bond donors (Lipinski definition) is 1. The molecule has 1 aromatic carbocycles. The van der Waals surface area contributed by atoms with Gasteiger partial charge < -0.3 is 4.74 Å². The van der Waals surface area contributed by atoms with E-state index in [1.807, 2.05) is 30.4 Å². The van der Waals surface area contributed by atoms with E-state index < -0.39 is 0 Å². The van der Waals surface area contributed by atoms with Crippen LogP contribution in [0.2, 0.25) is 0 Å². The molecule has 1 rings (SSSR count). The van der Waals surface area contributed by atoms with E-state index in [-0.39, 0.29) is 0 Å². The Morgan fingerprint density at radius 3 is 3.00 bits per heavy atom. The number of ether oxygens (including phenoxy) is 1. The van der Waals surface area contributed by atoms with Gasteiger partial charge in [0.25, 0.3) is 0 Å². The van der Waals surface area contributed by atoms with Crippen LogP contribution in [0.1, 0.15) is 18.9 Å². The Kier molecular flexibility index (Phi) is 5.23. The molecule has 0 bridgehead atoms. The van der Waals surface area contributed by atoms with Crippen molar-refractivity contribution in [2.75, 3.05) is 12.4 Å². The molecule has 0 saturated carbocycles. The molecule has 0 aromatic heterocycles. The van der Waals surface area contributed by atoms with E-state index in [2.05, 4.69) is 25.6 Å². The normalized spacial score (nSPS) is 10.7.